The smallest absolute Gasteiger partial charge is 0.282 e. The van der Waals surface area contributed by atoms with Gasteiger partial charge >= 0.3 is 0 Å². The molecule has 0 aliphatic carbocycles. The van der Waals surface area contributed by atoms with Gasteiger partial charge in [0.1, 0.15) is 10.2 Å². The number of benzene rings is 1. The van der Waals surface area contributed by atoms with Crippen LogP contribution in [0, 0.1) is 17.0 Å². The minimum absolute atomic E-state index is 0.0192. The summed E-state index contributed by atoms with van der Waals surface area (Å²) in [6.07, 6.45) is 1.56. The predicted molar refractivity (Wildman–Crippen MR) is 77.7 cm³/mol. The molecule has 0 fully saturated rings. The molecule has 0 spiro atoms. The van der Waals surface area contributed by atoms with E-state index >= 15 is 0 Å². The predicted octanol–water partition coefficient (Wildman–Crippen LogP) is 3.31. The molecule has 1 N–H and O–H groups in total. The van der Waals surface area contributed by atoms with Gasteiger partial charge in [-0.3, -0.25) is 14.9 Å². The number of hydrogen-bond acceptors (Lipinski definition) is 4. The maximum atomic E-state index is 12.2. The van der Waals surface area contributed by atoms with Gasteiger partial charge in [-0.1, -0.05) is 6.07 Å². The molecule has 6 nitrogen and oxygen atoms in total. The molecule has 20 heavy (non-hydrogen) atoms. The Morgan fingerprint density at radius 1 is 1.40 bits per heavy atom. The molecule has 0 unspecified atom stereocenters. The first-order valence-corrected chi connectivity index (χ1v) is 6.45. The molecular formula is C13H10BrN3O3. The number of carbonyl (C=O) groups excluding carboxylic acids is 1. The zero-order valence-electron chi connectivity index (χ0n) is 10.5. The summed E-state index contributed by atoms with van der Waals surface area (Å²) in [5.41, 5.74) is 1.01. The quantitative estimate of drug-likeness (QED) is 0.529. The molecule has 2 aromatic rings. The SMILES string of the molecule is Cc1ccc([N+](=O)[O-])c(C(=O)Nc2cccnc2Br)c1. The molecule has 0 aliphatic rings. The summed E-state index contributed by atoms with van der Waals surface area (Å²) in [4.78, 5) is 26.5. The monoisotopic (exact) mass is 335 g/mol. The zero-order chi connectivity index (χ0) is 14.7. The number of anilines is 1. The van der Waals surface area contributed by atoms with Crippen LogP contribution in [0.3, 0.4) is 0 Å². The highest BCUT2D eigenvalue weighted by Gasteiger charge is 2.20. The van der Waals surface area contributed by atoms with Gasteiger partial charge in [-0.25, -0.2) is 4.98 Å². The van der Waals surface area contributed by atoms with E-state index in [0.717, 1.165) is 5.56 Å². The molecule has 0 radical (unpaired) electrons. The Labute approximate surface area is 123 Å². The van der Waals surface area contributed by atoms with Gasteiger partial charge in [0.2, 0.25) is 0 Å². The fourth-order valence-electron chi connectivity index (χ4n) is 1.66. The van der Waals surface area contributed by atoms with Gasteiger partial charge in [-0.15, -0.1) is 0 Å². The lowest BCUT2D eigenvalue weighted by molar-refractivity contribution is -0.385. The van der Waals surface area contributed by atoms with Gasteiger partial charge in [-0.05, 0) is 46.6 Å². The van der Waals surface area contributed by atoms with Crippen molar-refractivity contribution < 1.29 is 9.72 Å². The number of carbonyl (C=O) groups is 1. The average Bonchev–Trinajstić information content (AvgIpc) is 2.40. The topological polar surface area (TPSA) is 85.1 Å². The average molecular weight is 336 g/mol. The zero-order valence-corrected chi connectivity index (χ0v) is 12.0. The number of rotatable bonds is 3. The summed E-state index contributed by atoms with van der Waals surface area (Å²) in [7, 11) is 0. The Morgan fingerprint density at radius 3 is 2.80 bits per heavy atom. The van der Waals surface area contributed by atoms with E-state index in [1.54, 1.807) is 31.3 Å². The maximum Gasteiger partial charge on any atom is 0.282 e. The van der Waals surface area contributed by atoms with Crippen LogP contribution in [0.15, 0.2) is 41.1 Å². The summed E-state index contributed by atoms with van der Waals surface area (Å²) >= 11 is 3.20. The van der Waals surface area contributed by atoms with E-state index < -0.39 is 10.8 Å². The molecule has 2 rings (SSSR count). The summed E-state index contributed by atoms with van der Waals surface area (Å²) in [5, 5.41) is 13.6. The van der Waals surface area contributed by atoms with E-state index in [-0.39, 0.29) is 11.3 Å². The number of nitro groups is 1. The summed E-state index contributed by atoms with van der Waals surface area (Å²) in [6.45, 7) is 1.76. The first-order chi connectivity index (χ1) is 9.49. The second kappa shape index (κ2) is 5.79. The number of nitrogens with one attached hydrogen (secondary N) is 1. The van der Waals surface area contributed by atoms with E-state index in [0.29, 0.717) is 10.3 Å². The van der Waals surface area contributed by atoms with Crippen molar-refractivity contribution in [2.45, 2.75) is 6.92 Å². The van der Waals surface area contributed by atoms with E-state index in [1.165, 1.54) is 12.1 Å². The lowest BCUT2D eigenvalue weighted by atomic mass is 10.1. The molecule has 1 aromatic heterocycles. The van der Waals surface area contributed by atoms with E-state index in [9.17, 15) is 14.9 Å². The number of aryl methyl sites for hydroxylation is 1. The first-order valence-electron chi connectivity index (χ1n) is 5.66. The highest BCUT2D eigenvalue weighted by molar-refractivity contribution is 9.10. The van der Waals surface area contributed by atoms with Crippen molar-refractivity contribution in [3.8, 4) is 0 Å². The minimum atomic E-state index is -0.577. The molecule has 7 heteroatoms. The van der Waals surface area contributed by atoms with Crippen LogP contribution in [0.1, 0.15) is 15.9 Å². The van der Waals surface area contributed by atoms with Crippen molar-refractivity contribution in [1.82, 2.24) is 4.98 Å². The van der Waals surface area contributed by atoms with Crippen molar-refractivity contribution in [3.05, 3.63) is 62.4 Å². The van der Waals surface area contributed by atoms with Crippen LogP contribution in [0.4, 0.5) is 11.4 Å². The van der Waals surface area contributed by atoms with Gasteiger partial charge in [0.15, 0.2) is 0 Å². The normalized spacial score (nSPS) is 10.1. The van der Waals surface area contributed by atoms with E-state index in [4.69, 9.17) is 0 Å². The Hall–Kier alpha value is -2.28. The number of halogens is 1. The second-order valence-corrected chi connectivity index (χ2v) is 4.82. The molecular weight excluding hydrogens is 326 g/mol. The maximum absolute atomic E-state index is 12.2. The number of aromatic nitrogens is 1. The number of amides is 1. The van der Waals surface area contributed by atoms with Crippen molar-refractivity contribution in [2.75, 3.05) is 5.32 Å². The Morgan fingerprint density at radius 2 is 2.15 bits per heavy atom. The molecule has 0 atom stereocenters. The summed E-state index contributed by atoms with van der Waals surface area (Å²) in [6, 6.07) is 7.71. The van der Waals surface area contributed by atoms with Gasteiger partial charge < -0.3 is 5.32 Å². The van der Waals surface area contributed by atoms with Crippen molar-refractivity contribution in [2.24, 2.45) is 0 Å². The molecule has 1 amide bonds. The van der Waals surface area contributed by atoms with Crippen LogP contribution in [-0.2, 0) is 0 Å². The number of nitrogens with zero attached hydrogens (tertiary/aromatic N) is 2. The van der Waals surface area contributed by atoms with Crippen LogP contribution in [0.25, 0.3) is 0 Å². The van der Waals surface area contributed by atoms with Crippen LogP contribution in [0.5, 0.6) is 0 Å². The van der Waals surface area contributed by atoms with Gasteiger partial charge in [0, 0.05) is 12.3 Å². The minimum Gasteiger partial charge on any atom is -0.319 e. The lowest BCUT2D eigenvalue weighted by Gasteiger charge is -2.07. The summed E-state index contributed by atoms with van der Waals surface area (Å²) < 4.78 is 0.462. The van der Waals surface area contributed by atoms with Crippen LogP contribution >= 0.6 is 15.9 Å². The van der Waals surface area contributed by atoms with Crippen LogP contribution in [0.2, 0.25) is 0 Å². The fraction of sp³-hybridized carbons (Fsp3) is 0.0769. The van der Waals surface area contributed by atoms with Gasteiger partial charge in [-0.2, -0.15) is 0 Å². The van der Waals surface area contributed by atoms with Gasteiger partial charge in [0.05, 0.1) is 10.6 Å². The van der Waals surface area contributed by atoms with Crippen molar-refractivity contribution >= 4 is 33.2 Å². The number of pyridine rings is 1. The standard InChI is InChI=1S/C13H10BrN3O3/c1-8-4-5-11(17(19)20)9(7-8)13(18)16-10-3-2-6-15-12(10)14/h2-7H,1H3,(H,16,18). The fourth-order valence-corrected chi connectivity index (χ4v) is 2.01. The Bertz CT molecular complexity index is 688. The third-order valence-electron chi connectivity index (χ3n) is 2.60. The highest BCUT2D eigenvalue weighted by Crippen LogP contribution is 2.23. The second-order valence-electron chi connectivity index (χ2n) is 4.07. The molecule has 0 saturated carbocycles. The van der Waals surface area contributed by atoms with E-state index in [2.05, 4.69) is 26.2 Å². The summed E-state index contributed by atoms with van der Waals surface area (Å²) in [5.74, 6) is -0.547. The third kappa shape index (κ3) is 3.00. The van der Waals surface area contributed by atoms with Crippen molar-refractivity contribution in [1.29, 1.82) is 0 Å². The molecule has 1 aromatic carbocycles. The Balaban J connectivity index is 2.37. The molecule has 0 aliphatic heterocycles. The largest absolute Gasteiger partial charge is 0.319 e. The van der Waals surface area contributed by atoms with Gasteiger partial charge in [0.25, 0.3) is 11.6 Å². The molecule has 102 valence electrons. The van der Waals surface area contributed by atoms with Crippen LogP contribution < -0.4 is 5.32 Å². The highest BCUT2D eigenvalue weighted by atomic mass is 79.9. The lowest BCUT2D eigenvalue weighted by Crippen LogP contribution is -2.14. The first kappa shape index (κ1) is 14.1. The van der Waals surface area contributed by atoms with Crippen LogP contribution in [-0.4, -0.2) is 15.8 Å². The van der Waals surface area contributed by atoms with Crippen molar-refractivity contribution in [3.63, 3.8) is 0 Å². The Kier molecular flexibility index (Phi) is 4.09. The molecule has 0 bridgehead atoms. The third-order valence-corrected chi connectivity index (χ3v) is 3.23. The number of hydrogen-bond donors (Lipinski definition) is 1. The van der Waals surface area contributed by atoms with E-state index in [1.807, 2.05) is 0 Å². The molecule has 0 saturated heterocycles. The number of nitro benzene ring substituents is 1. The molecule has 1 heterocycles.